The molecule has 0 aliphatic heterocycles. The van der Waals surface area contributed by atoms with Crippen LogP contribution in [0, 0.1) is 5.82 Å². The predicted octanol–water partition coefficient (Wildman–Crippen LogP) is 2.47. The van der Waals surface area contributed by atoms with Crippen LogP contribution >= 0.6 is 0 Å². The molecule has 0 aliphatic carbocycles. The molecule has 0 saturated carbocycles. The fourth-order valence-corrected chi connectivity index (χ4v) is 1.67. The van der Waals surface area contributed by atoms with Gasteiger partial charge in [-0.2, -0.15) is 5.10 Å². The molecule has 0 fully saturated rings. The Morgan fingerprint density at radius 1 is 1.06 bits per heavy atom. The van der Waals surface area contributed by atoms with E-state index in [9.17, 15) is 4.39 Å². The van der Waals surface area contributed by atoms with Gasteiger partial charge >= 0.3 is 0 Å². The van der Waals surface area contributed by atoms with E-state index >= 15 is 0 Å². The highest BCUT2D eigenvalue weighted by atomic mass is 19.1. The third-order valence-corrected chi connectivity index (χ3v) is 2.52. The van der Waals surface area contributed by atoms with Gasteiger partial charge < -0.3 is 0 Å². The van der Waals surface area contributed by atoms with Gasteiger partial charge in [-0.15, -0.1) is 0 Å². The highest BCUT2D eigenvalue weighted by Crippen LogP contribution is 2.20. The molecule has 0 bridgehead atoms. The summed E-state index contributed by atoms with van der Waals surface area (Å²) < 4.78 is 14.7. The quantitative estimate of drug-likeness (QED) is 0.691. The molecular weight excluding hydrogens is 231 g/mol. The van der Waals surface area contributed by atoms with Crippen LogP contribution in [0.4, 0.5) is 4.39 Å². The Morgan fingerprint density at radius 3 is 2.78 bits per heavy atom. The molecule has 0 atom stereocenters. The lowest BCUT2D eigenvalue weighted by atomic mass is 10.1. The third kappa shape index (κ3) is 1.98. The second kappa shape index (κ2) is 4.37. The van der Waals surface area contributed by atoms with E-state index in [-0.39, 0.29) is 5.82 Å². The molecular formula is C13H9FN4. The molecule has 4 nitrogen and oxygen atoms in total. The van der Waals surface area contributed by atoms with Crippen molar-refractivity contribution in [2.45, 2.75) is 0 Å². The Bertz CT molecular complexity index is 664. The van der Waals surface area contributed by atoms with Gasteiger partial charge in [0.2, 0.25) is 0 Å². The molecule has 5 heteroatoms. The molecule has 0 spiro atoms. The summed E-state index contributed by atoms with van der Waals surface area (Å²) in [6.45, 7) is 0. The smallest absolute Gasteiger partial charge is 0.171 e. The van der Waals surface area contributed by atoms with E-state index in [1.165, 1.54) is 12.1 Å². The zero-order valence-electron chi connectivity index (χ0n) is 9.36. The van der Waals surface area contributed by atoms with Gasteiger partial charge in [0.05, 0.1) is 12.4 Å². The first kappa shape index (κ1) is 10.6. The van der Waals surface area contributed by atoms with Crippen molar-refractivity contribution >= 4 is 0 Å². The molecule has 18 heavy (non-hydrogen) atoms. The zero-order valence-corrected chi connectivity index (χ0v) is 9.36. The minimum absolute atomic E-state index is 0.264. The van der Waals surface area contributed by atoms with E-state index in [2.05, 4.69) is 15.1 Å². The van der Waals surface area contributed by atoms with Gasteiger partial charge in [0.25, 0.3) is 0 Å². The van der Waals surface area contributed by atoms with Gasteiger partial charge in [0.1, 0.15) is 5.82 Å². The molecule has 1 aromatic carbocycles. The summed E-state index contributed by atoms with van der Waals surface area (Å²) in [6.07, 6.45) is 8.27. The van der Waals surface area contributed by atoms with E-state index in [1.54, 1.807) is 41.7 Å². The van der Waals surface area contributed by atoms with Crippen molar-refractivity contribution in [1.82, 2.24) is 19.7 Å². The van der Waals surface area contributed by atoms with Gasteiger partial charge in [-0.05, 0) is 17.7 Å². The van der Waals surface area contributed by atoms with E-state index in [1.807, 2.05) is 6.07 Å². The van der Waals surface area contributed by atoms with E-state index in [4.69, 9.17) is 0 Å². The first-order valence-electron chi connectivity index (χ1n) is 5.40. The summed E-state index contributed by atoms with van der Waals surface area (Å²) in [5.41, 5.74) is 1.62. The Labute approximate surface area is 103 Å². The van der Waals surface area contributed by atoms with Crippen molar-refractivity contribution < 1.29 is 4.39 Å². The lowest BCUT2D eigenvalue weighted by molar-refractivity contribution is 0.628. The number of halogens is 1. The summed E-state index contributed by atoms with van der Waals surface area (Å²) in [5.74, 6) is 0.361. The average Bonchev–Trinajstić information content (AvgIpc) is 2.89. The minimum Gasteiger partial charge on any atom is -0.259 e. The molecule has 0 aliphatic rings. The second-order valence-electron chi connectivity index (χ2n) is 3.75. The first-order valence-corrected chi connectivity index (χ1v) is 5.40. The topological polar surface area (TPSA) is 43.6 Å². The lowest BCUT2D eigenvalue weighted by Crippen LogP contribution is -1.97. The van der Waals surface area contributed by atoms with Crippen molar-refractivity contribution in [1.29, 1.82) is 0 Å². The van der Waals surface area contributed by atoms with Crippen LogP contribution in [-0.4, -0.2) is 19.7 Å². The van der Waals surface area contributed by atoms with Crippen molar-refractivity contribution in [3.63, 3.8) is 0 Å². The van der Waals surface area contributed by atoms with Gasteiger partial charge in [-0.25, -0.2) is 14.1 Å². The third-order valence-electron chi connectivity index (χ3n) is 2.52. The molecule has 0 saturated heterocycles. The molecule has 3 aromatic rings. The molecule has 0 N–H and O–H groups in total. The summed E-state index contributed by atoms with van der Waals surface area (Å²) in [6, 6.07) is 6.39. The highest BCUT2D eigenvalue weighted by molar-refractivity contribution is 5.61. The lowest BCUT2D eigenvalue weighted by Gasteiger charge is -1.98. The Morgan fingerprint density at radius 2 is 2.00 bits per heavy atom. The zero-order chi connectivity index (χ0) is 12.4. The minimum atomic E-state index is -0.264. The predicted molar refractivity (Wildman–Crippen MR) is 64.5 cm³/mol. The van der Waals surface area contributed by atoms with Crippen LogP contribution in [0.25, 0.3) is 16.9 Å². The Kier molecular flexibility index (Phi) is 2.57. The SMILES string of the molecule is Fc1cccc(-c2cnn(-c3cnccn3)c2)c1. The van der Waals surface area contributed by atoms with Gasteiger partial charge in [-0.3, -0.25) is 4.98 Å². The number of nitrogens with zero attached hydrogens (tertiary/aromatic N) is 4. The molecule has 0 radical (unpaired) electrons. The summed E-state index contributed by atoms with van der Waals surface area (Å²) in [4.78, 5) is 8.11. The fraction of sp³-hybridized carbons (Fsp3) is 0. The van der Waals surface area contributed by atoms with Crippen molar-refractivity contribution in [3.8, 4) is 16.9 Å². The van der Waals surface area contributed by atoms with Crippen molar-refractivity contribution in [3.05, 3.63) is 61.1 Å². The Balaban J connectivity index is 2.00. The standard InChI is InChI=1S/C13H9FN4/c14-12-3-1-2-10(6-12)11-7-17-18(9-11)13-8-15-4-5-16-13/h1-9H. The fourth-order valence-electron chi connectivity index (χ4n) is 1.67. The van der Waals surface area contributed by atoms with Crippen LogP contribution in [-0.2, 0) is 0 Å². The maximum atomic E-state index is 13.1. The number of hydrogen-bond donors (Lipinski definition) is 0. The van der Waals surface area contributed by atoms with E-state index < -0.39 is 0 Å². The molecule has 0 amide bonds. The average molecular weight is 240 g/mol. The molecule has 3 rings (SSSR count). The molecule has 88 valence electrons. The van der Waals surface area contributed by atoms with Crippen molar-refractivity contribution in [2.24, 2.45) is 0 Å². The van der Waals surface area contributed by atoms with Crippen LogP contribution in [0.15, 0.2) is 55.2 Å². The summed E-state index contributed by atoms with van der Waals surface area (Å²) in [7, 11) is 0. The van der Waals surface area contributed by atoms with Crippen LogP contribution < -0.4 is 0 Å². The maximum Gasteiger partial charge on any atom is 0.171 e. The number of benzene rings is 1. The molecule has 2 aromatic heterocycles. The van der Waals surface area contributed by atoms with Gasteiger partial charge in [-0.1, -0.05) is 12.1 Å². The number of hydrogen-bond acceptors (Lipinski definition) is 3. The van der Waals surface area contributed by atoms with Crippen LogP contribution in [0.2, 0.25) is 0 Å². The van der Waals surface area contributed by atoms with Gasteiger partial charge in [0, 0.05) is 24.2 Å². The molecule has 0 unspecified atom stereocenters. The van der Waals surface area contributed by atoms with Crippen LogP contribution in [0.3, 0.4) is 0 Å². The van der Waals surface area contributed by atoms with Crippen molar-refractivity contribution in [2.75, 3.05) is 0 Å². The molecule has 2 heterocycles. The summed E-state index contributed by atoms with van der Waals surface area (Å²) >= 11 is 0. The second-order valence-corrected chi connectivity index (χ2v) is 3.75. The summed E-state index contributed by atoms with van der Waals surface area (Å²) in [5, 5.41) is 4.18. The van der Waals surface area contributed by atoms with Crippen LogP contribution in [0.5, 0.6) is 0 Å². The maximum absolute atomic E-state index is 13.1. The van der Waals surface area contributed by atoms with Crippen LogP contribution in [0.1, 0.15) is 0 Å². The van der Waals surface area contributed by atoms with E-state index in [0.29, 0.717) is 5.82 Å². The van der Waals surface area contributed by atoms with Gasteiger partial charge in [0.15, 0.2) is 5.82 Å². The normalized spacial score (nSPS) is 10.5. The highest BCUT2D eigenvalue weighted by Gasteiger charge is 2.04. The van der Waals surface area contributed by atoms with E-state index in [0.717, 1.165) is 11.1 Å². The Hall–Kier alpha value is -2.56. The number of rotatable bonds is 2. The largest absolute Gasteiger partial charge is 0.259 e. The number of aromatic nitrogens is 4. The monoisotopic (exact) mass is 240 g/mol. The first-order chi connectivity index (χ1) is 8.83.